The van der Waals surface area contributed by atoms with Crippen LogP contribution in [0, 0.1) is 5.82 Å². The minimum absolute atomic E-state index is 0.0822. The van der Waals surface area contributed by atoms with Crippen LogP contribution in [0.4, 0.5) is 4.39 Å². The highest BCUT2D eigenvalue weighted by atomic mass is 19.1. The van der Waals surface area contributed by atoms with E-state index in [4.69, 9.17) is 4.74 Å². The van der Waals surface area contributed by atoms with Crippen LogP contribution in [0.15, 0.2) is 37.1 Å². The van der Waals surface area contributed by atoms with Crippen LogP contribution < -0.4 is 4.74 Å². The topological polar surface area (TPSA) is 35.0 Å². The van der Waals surface area contributed by atoms with Crippen molar-refractivity contribution < 1.29 is 9.13 Å². The van der Waals surface area contributed by atoms with Gasteiger partial charge in [0.05, 0.1) is 13.3 Å². The van der Waals surface area contributed by atoms with E-state index in [9.17, 15) is 4.39 Å². The van der Waals surface area contributed by atoms with Crippen LogP contribution in [0.1, 0.15) is 12.7 Å². The monoisotopic (exact) mass is 220 g/mol. The fourth-order valence-corrected chi connectivity index (χ4v) is 1.16. The van der Waals surface area contributed by atoms with E-state index in [0.29, 0.717) is 11.4 Å². The van der Waals surface area contributed by atoms with Crippen LogP contribution >= 0.6 is 0 Å². The molecule has 0 unspecified atom stereocenters. The molecule has 0 radical (unpaired) electrons. The van der Waals surface area contributed by atoms with Crippen molar-refractivity contribution in [2.75, 3.05) is 7.11 Å². The van der Waals surface area contributed by atoms with Crippen molar-refractivity contribution in [2.45, 2.75) is 6.92 Å². The largest absolute Gasteiger partial charge is 0.479 e. The molecule has 84 valence electrons. The third-order valence-corrected chi connectivity index (χ3v) is 2.08. The van der Waals surface area contributed by atoms with Gasteiger partial charge in [-0.1, -0.05) is 25.3 Å². The second-order valence-corrected chi connectivity index (χ2v) is 3.06. The number of ether oxygens (including phenoxy) is 1. The molecule has 1 aromatic heterocycles. The molecule has 1 heterocycles. The molecule has 0 aliphatic heterocycles. The lowest BCUT2D eigenvalue weighted by Gasteiger charge is -2.06. The summed E-state index contributed by atoms with van der Waals surface area (Å²) < 4.78 is 17.9. The number of methoxy groups -OCH3 is 1. The summed E-state index contributed by atoms with van der Waals surface area (Å²) in [6.45, 7) is 9.16. The van der Waals surface area contributed by atoms with Crippen molar-refractivity contribution in [3.8, 4) is 5.88 Å². The molecule has 0 atom stereocenters. The summed E-state index contributed by atoms with van der Waals surface area (Å²) in [6.07, 6.45) is 4.33. The molecule has 0 saturated heterocycles. The molecule has 0 aliphatic carbocycles. The molecule has 0 amide bonds. The number of hydrogen-bond acceptors (Lipinski definition) is 3. The predicted molar refractivity (Wildman–Crippen MR) is 61.5 cm³/mol. The SMILES string of the molecule is C=C/C(C)=C(\C=C)c1ncc(F)c(OC)n1. The lowest BCUT2D eigenvalue weighted by atomic mass is 10.1. The van der Waals surface area contributed by atoms with E-state index in [1.807, 2.05) is 6.92 Å². The van der Waals surface area contributed by atoms with Gasteiger partial charge in [-0.15, -0.1) is 0 Å². The van der Waals surface area contributed by atoms with Crippen molar-refractivity contribution in [3.63, 3.8) is 0 Å². The predicted octanol–water partition coefficient (Wildman–Crippen LogP) is 2.77. The van der Waals surface area contributed by atoms with Crippen LogP contribution in [0.5, 0.6) is 5.88 Å². The Kier molecular flexibility index (Phi) is 3.94. The molecule has 4 heteroatoms. The summed E-state index contributed by atoms with van der Waals surface area (Å²) in [5.74, 6) is -0.308. The second-order valence-electron chi connectivity index (χ2n) is 3.06. The number of allylic oxidation sites excluding steroid dienone is 4. The van der Waals surface area contributed by atoms with Gasteiger partial charge in [0, 0.05) is 5.57 Å². The fraction of sp³-hybridized carbons (Fsp3) is 0.167. The Balaban J connectivity index is 3.33. The Labute approximate surface area is 94.0 Å². The van der Waals surface area contributed by atoms with Gasteiger partial charge in [0.1, 0.15) is 0 Å². The second kappa shape index (κ2) is 5.21. The van der Waals surface area contributed by atoms with Gasteiger partial charge in [-0.05, 0) is 12.5 Å². The maximum atomic E-state index is 13.1. The summed E-state index contributed by atoms with van der Waals surface area (Å²) in [6, 6.07) is 0. The van der Waals surface area contributed by atoms with E-state index in [0.717, 1.165) is 11.8 Å². The van der Waals surface area contributed by atoms with Gasteiger partial charge >= 0.3 is 0 Å². The van der Waals surface area contributed by atoms with Gasteiger partial charge in [-0.2, -0.15) is 9.37 Å². The normalized spacial score (nSPS) is 11.7. The van der Waals surface area contributed by atoms with E-state index in [1.165, 1.54) is 7.11 Å². The molecule has 0 bridgehead atoms. The Bertz CT molecular complexity index is 452. The number of rotatable bonds is 4. The van der Waals surface area contributed by atoms with Crippen molar-refractivity contribution in [2.24, 2.45) is 0 Å². The first-order valence-electron chi connectivity index (χ1n) is 4.66. The molecule has 0 spiro atoms. The number of halogens is 1. The van der Waals surface area contributed by atoms with Gasteiger partial charge < -0.3 is 4.74 Å². The highest BCUT2D eigenvalue weighted by molar-refractivity contribution is 5.73. The third-order valence-electron chi connectivity index (χ3n) is 2.08. The summed E-state index contributed by atoms with van der Waals surface area (Å²) in [4.78, 5) is 7.83. The lowest BCUT2D eigenvalue weighted by Crippen LogP contribution is -2.00. The summed E-state index contributed by atoms with van der Waals surface area (Å²) in [5, 5.41) is 0. The van der Waals surface area contributed by atoms with E-state index < -0.39 is 5.82 Å². The first kappa shape index (κ1) is 12.1. The molecular weight excluding hydrogens is 207 g/mol. The molecule has 1 rings (SSSR count). The van der Waals surface area contributed by atoms with Crippen molar-refractivity contribution >= 4 is 5.57 Å². The first-order valence-corrected chi connectivity index (χ1v) is 4.66. The Morgan fingerprint density at radius 1 is 1.44 bits per heavy atom. The van der Waals surface area contributed by atoms with Crippen LogP contribution in [-0.4, -0.2) is 17.1 Å². The lowest BCUT2D eigenvalue weighted by molar-refractivity contribution is 0.366. The van der Waals surface area contributed by atoms with E-state index in [2.05, 4.69) is 23.1 Å². The van der Waals surface area contributed by atoms with E-state index in [1.54, 1.807) is 12.2 Å². The molecular formula is C12H13FN2O. The average molecular weight is 220 g/mol. The van der Waals surface area contributed by atoms with E-state index in [-0.39, 0.29) is 5.88 Å². The maximum Gasteiger partial charge on any atom is 0.253 e. The summed E-state index contributed by atoms with van der Waals surface area (Å²) in [7, 11) is 1.35. The van der Waals surface area contributed by atoms with Crippen LogP contribution in [0.3, 0.4) is 0 Å². The first-order chi connectivity index (χ1) is 7.63. The smallest absolute Gasteiger partial charge is 0.253 e. The van der Waals surface area contributed by atoms with Crippen LogP contribution in [-0.2, 0) is 0 Å². The number of aromatic nitrogens is 2. The third kappa shape index (κ3) is 2.34. The standard InChI is InChI=1S/C12H13FN2O/c1-5-8(3)9(6-2)11-14-7-10(13)12(15-11)16-4/h5-7H,1-2H2,3-4H3/b9-8+. The number of hydrogen-bond donors (Lipinski definition) is 0. The van der Waals surface area contributed by atoms with E-state index >= 15 is 0 Å². The van der Waals surface area contributed by atoms with Crippen molar-refractivity contribution in [3.05, 3.63) is 48.7 Å². The van der Waals surface area contributed by atoms with Crippen molar-refractivity contribution in [1.29, 1.82) is 0 Å². The number of nitrogens with zero attached hydrogens (tertiary/aromatic N) is 2. The maximum absolute atomic E-state index is 13.1. The molecule has 0 saturated carbocycles. The minimum atomic E-state index is -0.592. The van der Waals surface area contributed by atoms with Gasteiger partial charge in [-0.3, -0.25) is 0 Å². The quantitative estimate of drug-likeness (QED) is 0.732. The summed E-state index contributed by atoms with van der Waals surface area (Å²) in [5.41, 5.74) is 1.57. The van der Waals surface area contributed by atoms with Crippen LogP contribution in [0.25, 0.3) is 5.57 Å². The molecule has 0 aliphatic rings. The Morgan fingerprint density at radius 2 is 2.12 bits per heavy atom. The zero-order valence-corrected chi connectivity index (χ0v) is 9.33. The fourth-order valence-electron chi connectivity index (χ4n) is 1.16. The van der Waals surface area contributed by atoms with Crippen molar-refractivity contribution in [1.82, 2.24) is 9.97 Å². The Hall–Kier alpha value is -1.97. The van der Waals surface area contributed by atoms with Gasteiger partial charge in [-0.25, -0.2) is 4.98 Å². The molecule has 0 fully saturated rings. The summed E-state index contributed by atoms with van der Waals surface area (Å²) >= 11 is 0. The zero-order valence-electron chi connectivity index (χ0n) is 9.33. The minimum Gasteiger partial charge on any atom is -0.479 e. The van der Waals surface area contributed by atoms with Gasteiger partial charge in [0.15, 0.2) is 5.82 Å². The molecule has 3 nitrogen and oxygen atoms in total. The molecule has 0 N–H and O–H groups in total. The molecule has 16 heavy (non-hydrogen) atoms. The molecule has 1 aromatic rings. The Morgan fingerprint density at radius 3 is 2.62 bits per heavy atom. The highest BCUT2D eigenvalue weighted by Crippen LogP contribution is 2.20. The molecule has 0 aromatic carbocycles. The highest BCUT2D eigenvalue weighted by Gasteiger charge is 2.10. The van der Waals surface area contributed by atoms with Gasteiger partial charge in [0.2, 0.25) is 5.82 Å². The average Bonchev–Trinajstić information content (AvgIpc) is 2.31. The van der Waals surface area contributed by atoms with Crippen LogP contribution in [0.2, 0.25) is 0 Å². The van der Waals surface area contributed by atoms with Gasteiger partial charge in [0.25, 0.3) is 5.88 Å². The zero-order chi connectivity index (χ0) is 12.1.